The van der Waals surface area contributed by atoms with Crippen molar-refractivity contribution in [2.75, 3.05) is 58.9 Å². The van der Waals surface area contributed by atoms with E-state index in [1.165, 1.54) is 0 Å². The van der Waals surface area contributed by atoms with Crippen molar-refractivity contribution >= 4 is 35.0 Å². The molecule has 0 spiro atoms. The van der Waals surface area contributed by atoms with Crippen molar-refractivity contribution in [1.29, 1.82) is 0 Å². The van der Waals surface area contributed by atoms with Crippen LogP contribution in [-0.2, 0) is 4.79 Å². The van der Waals surface area contributed by atoms with Crippen molar-refractivity contribution in [3.63, 3.8) is 0 Å². The van der Waals surface area contributed by atoms with E-state index in [-0.39, 0.29) is 11.8 Å². The summed E-state index contributed by atoms with van der Waals surface area (Å²) in [6.45, 7) is 10.4. The third-order valence-electron chi connectivity index (χ3n) is 7.44. The first-order chi connectivity index (χ1) is 15.5. The topological polar surface area (TPSA) is 47.1 Å². The molecule has 0 aliphatic carbocycles. The Labute approximate surface area is 201 Å². The monoisotopic (exact) mass is 480 g/mol. The molecular formula is C24H34Cl2N4O2. The molecule has 3 fully saturated rings. The van der Waals surface area contributed by atoms with Crippen molar-refractivity contribution in [2.45, 2.75) is 38.6 Å². The van der Waals surface area contributed by atoms with Crippen LogP contribution in [0.25, 0.3) is 0 Å². The van der Waals surface area contributed by atoms with Crippen molar-refractivity contribution < 1.29 is 9.59 Å². The molecule has 1 aromatic carbocycles. The van der Waals surface area contributed by atoms with E-state index in [4.69, 9.17) is 23.2 Å². The van der Waals surface area contributed by atoms with Crippen molar-refractivity contribution in [1.82, 2.24) is 19.6 Å². The second kappa shape index (κ2) is 10.7. The number of benzene rings is 1. The summed E-state index contributed by atoms with van der Waals surface area (Å²) in [6, 6.07) is 5.54. The van der Waals surface area contributed by atoms with Gasteiger partial charge in [0.1, 0.15) is 0 Å². The standard InChI is InChI=1S/C24H34Cl2N4O2/c1-2-27-13-15-30(16-14-27)23(31)18-5-9-28(10-6-18)20-7-11-29(12-8-20)24(32)21-4-3-19(25)17-22(21)26/h3-4,17-18,20H,2,5-16H2,1H3. The summed E-state index contributed by atoms with van der Waals surface area (Å²) in [7, 11) is 0. The molecule has 8 heteroatoms. The smallest absolute Gasteiger partial charge is 0.255 e. The maximum absolute atomic E-state index is 13.0. The number of carbonyl (C=O) groups excluding carboxylic acids is 2. The number of likely N-dealkylation sites (tertiary alicyclic amines) is 2. The van der Waals surface area contributed by atoms with Gasteiger partial charge in [-0.2, -0.15) is 0 Å². The molecule has 3 heterocycles. The maximum Gasteiger partial charge on any atom is 0.255 e. The number of piperidine rings is 2. The Morgan fingerprint density at radius 3 is 2.12 bits per heavy atom. The number of carbonyl (C=O) groups is 2. The molecular weight excluding hydrogens is 447 g/mol. The zero-order valence-electron chi connectivity index (χ0n) is 18.9. The van der Waals surface area contributed by atoms with Gasteiger partial charge in [0.15, 0.2) is 0 Å². The Morgan fingerprint density at radius 1 is 0.875 bits per heavy atom. The van der Waals surface area contributed by atoms with Crippen LogP contribution < -0.4 is 0 Å². The Morgan fingerprint density at radius 2 is 1.53 bits per heavy atom. The lowest BCUT2D eigenvalue weighted by Crippen LogP contribution is -2.53. The van der Waals surface area contributed by atoms with E-state index in [1.54, 1.807) is 18.2 Å². The lowest BCUT2D eigenvalue weighted by atomic mass is 9.92. The number of rotatable bonds is 4. The van der Waals surface area contributed by atoms with Crippen LogP contribution in [0.2, 0.25) is 10.0 Å². The number of likely N-dealkylation sites (N-methyl/N-ethyl adjacent to an activating group) is 1. The molecule has 0 aromatic heterocycles. The molecule has 0 atom stereocenters. The number of amides is 2. The van der Waals surface area contributed by atoms with E-state index in [0.717, 1.165) is 84.6 Å². The fourth-order valence-electron chi connectivity index (χ4n) is 5.32. The van der Waals surface area contributed by atoms with Gasteiger partial charge in [0.25, 0.3) is 5.91 Å². The number of piperazine rings is 1. The normalized spacial score (nSPS) is 22.3. The van der Waals surface area contributed by atoms with Crippen LogP contribution in [0.4, 0.5) is 0 Å². The first-order valence-electron chi connectivity index (χ1n) is 12.0. The predicted molar refractivity (Wildman–Crippen MR) is 128 cm³/mol. The van der Waals surface area contributed by atoms with Crippen LogP contribution in [0, 0.1) is 5.92 Å². The van der Waals surface area contributed by atoms with Gasteiger partial charge in [-0.1, -0.05) is 30.1 Å². The van der Waals surface area contributed by atoms with Crippen LogP contribution in [-0.4, -0.2) is 96.4 Å². The molecule has 6 nitrogen and oxygen atoms in total. The number of halogens is 2. The van der Waals surface area contributed by atoms with Crippen LogP contribution in [0.1, 0.15) is 43.0 Å². The summed E-state index contributed by atoms with van der Waals surface area (Å²) >= 11 is 12.2. The summed E-state index contributed by atoms with van der Waals surface area (Å²) in [6.07, 6.45) is 3.84. The van der Waals surface area contributed by atoms with E-state index in [0.29, 0.717) is 27.6 Å². The minimum absolute atomic E-state index is 0.0161. The summed E-state index contributed by atoms with van der Waals surface area (Å²) in [5, 5.41) is 0.947. The largest absolute Gasteiger partial charge is 0.340 e. The molecule has 3 aliphatic rings. The fraction of sp³-hybridized carbons (Fsp3) is 0.667. The van der Waals surface area contributed by atoms with E-state index in [2.05, 4.69) is 21.6 Å². The molecule has 0 radical (unpaired) electrons. The van der Waals surface area contributed by atoms with E-state index in [9.17, 15) is 9.59 Å². The number of hydrogen-bond acceptors (Lipinski definition) is 4. The maximum atomic E-state index is 13.0. The lowest BCUT2D eigenvalue weighted by Gasteiger charge is -2.43. The minimum Gasteiger partial charge on any atom is -0.340 e. The molecule has 176 valence electrons. The van der Waals surface area contributed by atoms with Gasteiger partial charge in [0.05, 0.1) is 10.6 Å². The van der Waals surface area contributed by atoms with E-state index < -0.39 is 0 Å². The third-order valence-corrected chi connectivity index (χ3v) is 7.99. The quantitative estimate of drug-likeness (QED) is 0.661. The number of nitrogens with zero attached hydrogens (tertiary/aromatic N) is 4. The van der Waals surface area contributed by atoms with Gasteiger partial charge in [-0.25, -0.2) is 0 Å². The van der Waals surface area contributed by atoms with Gasteiger partial charge >= 0.3 is 0 Å². The zero-order valence-corrected chi connectivity index (χ0v) is 20.5. The molecule has 4 rings (SSSR count). The van der Waals surface area contributed by atoms with Crippen LogP contribution in [0.3, 0.4) is 0 Å². The summed E-state index contributed by atoms with van der Waals surface area (Å²) in [5.74, 6) is 0.520. The molecule has 1 aromatic rings. The van der Waals surface area contributed by atoms with Gasteiger partial charge < -0.3 is 19.6 Å². The summed E-state index contributed by atoms with van der Waals surface area (Å²) < 4.78 is 0. The van der Waals surface area contributed by atoms with Gasteiger partial charge in [-0.3, -0.25) is 9.59 Å². The second-order valence-corrected chi connectivity index (χ2v) is 10.1. The lowest BCUT2D eigenvalue weighted by molar-refractivity contribution is -0.139. The van der Waals surface area contributed by atoms with Crippen molar-refractivity contribution in [2.24, 2.45) is 5.92 Å². The van der Waals surface area contributed by atoms with Gasteiger partial charge in [0, 0.05) is 56.3 Å². The first-order valence-corrected chi connectivity index (χ1v) is 12.7. The molecule has 0 saturated carbocycles. The van der Waals surface area contributed by atoms with Gasteiger partial charge in [-0.15, -0.1) is 0 Å². The Hall–Kier alpha value is -1.34. The number of hydrogen-bond donors (Lipinski definition) is 0. The predicted octanol–water partition coefficient (Wildman–Crippen LogP) is 3.47. The van der Waals surface area contributed by atoms with Crippen LogP contribution >= 0.6 is 23.2 Å². The Balaban J connectivity index is 1.22. The molecule has 0 N–H and O–H groups in total. The van der Waals surface area contributed by atoms with Crippen molar-refractivity contribution in [3.05, 3.63) is 33.8 Å². The Kier molecular flexibility index (Phi) is 7.98. The zero-order chi connectivity index (χ0) is 22.7. The molecule has 0 bridgehead atoms. The van der Waals surface area contributed by atoms with E-state index >= 15 is 0 Å². The van der Waals surface area contributed by atoms with E-state index in [1.807, 2.05) is 4.90 Å². The average molecular weight is 481 g/mol. The highest BCUT2D eigenvalue weighted by molar-refractivity contribution is 6.36. The SMILES string of the molecule is CCN1CCN(C(=O)C2CCN(C3CCN(C(=O)c4ccc(Cl)cc4Cl)CC3)CC2)CC1. The summed E-state index contributed by atoms with van der Waals surface area (Å²) in [5.41, 5.74) is 0.522. The highest BCUT2D eigenvalue weighted by Gasteiger charge is 2.34. The van der Waals surface area contributed by atoms with Crippen LogP contribution in [0.5, 0.6) is 0 Å². The fourth-order valence-corrected chi connectivity index (χ4v) is 5.81. The molecule has 0 unspecified atom stereocenters. The summed E-state index contributed by atoms with van der Waals surface area (Å²) in [4.78, 5) is 34.7. The highest BCUT2D eigenvalue weighted by atomic mass is 35.5. The highest BCUT2D eigenvalue weighted by Crippen LogP contribution is 2.27. The minimum atomic E-state index is -0.0161. The average Bonchev–Trinajstić information content (AvgIpc) is 2.83. The first kappa shape index (κ1) is 23.8. The molecule has 3 saturated heterocycles. The van der Waals surface area contributed by atoms with Gasteiger partial charge in [-0.05, 0) is 63.5 Å². The second-order valence-electron chi connectivity index (χ2n) is 9.22. The van der Waals surface area contributed by atoms with Gasteiger partial charge in [0.2, 0.25) is 5.91 Å². The molecule has 32 heavy (non-hydrogen) atoms. The molecule has 2 amide bonds. The Bertz CT molecular complexity index is 812. The third kappa shape index (κ3) is 5.41. The molecule has 3 aliphatic heterocycles. The van der Waals surface area contributed by atoms with Crippen LogP contribution in [0.15, 0.2) is 18.2 Å². The van der Waals surface area contributed by atoms with Crippen molar-refractivity contribution in [3.8, 4) is 0 Å².